The molecule has 0 atom stereocenters. The predicted molar refractivity (Wildman–Crippen MR) is 65.5 cm³/mol. The van der Waals surface area contributed by atoms with Crippen molar-refractivity contribution in [1.82, 2.24) is 0 Å². The van der Waals surface area contributed by atoms with E-state index in [-0.39, 0.29) is 10.5 Å². The number of hydrogen-bond acceptors (Lipinski definition) is 3. The first-order valence-corrected chi connectivity index (χ1v) is 6.49. The number of rotatable bonds is 2. The first-order valence-electron chi connectivity index (χ1n) is 5.05. The first kappa shape index (κ1) is 12.5. The third kappa shape index (κ3) is 2.07. The average molecular weight is 266 g/mol. The van der Waals surface area contributed by atoms with Crippen molar-refractivity contribution >= 4 is 26.9 Å². The van der Waals surface area contributed by atoms with Crippen LogP contribution in [0.1, 0.15) is 15.9 Å². The molecule has 18 heavy (non-hydrogen) atoms. The van der Waals surface area contributed by atoms with E-state index < -0.39 is 16.1 Å². The zero-order chi connectivity index (χ0) is 13.5. The van der Waals surface area contributed by atoms with Crippen LogP contribution in [0.4, 0.5) is 0 Å². The second-order valence-electron chi connectivity index (χ2n) is 3.93. The van der Waals surface area contributed by atoms with Gasteiger partial charge in [-0.2, -0.15) is 8.42 Å². The average Bonchev–Trinajstić information content (AvgIpc) is 2.26. The van der Waals surface area contributed by atoms with Crippen molar-refractivity contribution in [2.24, 2.45) is 0 Å². The van der Waals surface area contributed by atoms with Gasteiger partial charge in [0.1, 0.15) is 4.90 Å². The molecule has 94 valence electrons. The molecule has 0 aromatic heterocycles. The van der Waals surface area contributed by atoms with Crippen LogP contribution in [0, 0.1) is 6.92 Å². The fraction of sp³-hybridized carbons (Fsp3) is 0.0833. The van der Waals surface area contributed by atoms with Crippen LogP contribution in [-0.4, -0.2) is 24.0 Å². The number of carbonyl (C=O) groups is 1. The lowest BCUT2D eigenvalue weighted by Crippen LogP contribution is -2.03. The van der Waals surface area contributed by atoms with Gasteiger partial charge in [0, 0.05) is 5.39 Å². The predicted octanol–water partition coefficient (Wildman–Crippen LogP) is 2.09. The number of hydrogen-bond donors (Lipinski definition) is 2. The number of carboxylic acid groups (broad SMARTS) is 1. The summed E-state index contributed by atoms with van der Waals surface area (Å²) in [5.74, 6) is -1.09. The molecule has 0 aliphatic heterocycles. The molecule has 0 amide bonds. The summed E-state index contributed by atoms with van der Waals surface area (Å²) in [4.78, 5) is 10.6. The van der Waals surface area contributed by atoms with Crippen LogP contribution >= 0.6 is 0 Å². The van der Waals surface area contributed by atoms with Gasteiger partial charge >= 0.3 is 5.97 Å². The molecular formula is C12H10O5S. The van der Waals surface area contributed by atoms with Crippen molar-refractivity contribution < 1.29 is 22.9 Å². The molecule has 0 saturated heterocycles. The topological polar surface area (TPSA) is 91.7 Å². The van der Waals surface area contributed by atoms with Crippen molar-refractivity contribution in [3.8, 4) is 0 Å². The molecule has 0 aliphatic rings. The molecule has 0 radical (unpaired) electrons. The standard InChI is InChI=1S/C12H10O5S/c1-7-2-3-8-6-9(12(13)14)4-5-10(8)11(7)18(15,16)17/h2-6H,1H3,(H,13,14)(H,15,16,17). The van der Waals surface area contributed by atoms with Crippen LogP contribution in [0.25, 0.3) is 10.8 Å². The SMILES string of the molecule is Cc1ccc2cc(C(=O)O)ccc2c1S(=O)(=O)O. The van der Waals surface area contributed by atoms with E-state index >= 15 is 0 Å². The van der Waals surface area contributed by atoms with Crippen molar-refractivity contribution in [2.75, 3.05) is 0 Å². The van der Waals surface area contributed by atoms with Gasteiger partial charge in [-0.25, -0.2) is 4.79 Å². The Morgan fingerprint density at radius 3 is 2.39 bits per heavy atom. The van der Waals surface area contributed by atoms with Gasteiger partial charge < -0.3 is 5.11 Å². The molecule has 0 unspecified atom stereocenters. The molecule has 0 fully saturated rings. The second kappa shape index (κ2) is 4.08. The Hall–Kier alpha value is -1.92. The van der Waals surface area contributed by atoms with E-state index in [4.69, 9.17) is 5.11 Å². The van der Waals surface area contributed by atoms with Gasteiger partial charge in [-0.05, 0) is 30.0 Å². The van der Waals surface area contributed by atoms with Crippen molar-refractivity contribution in [3.63, 3.8) is 0 Å². The van der Waals surface area contributed by atoms with E-state index in [1.54, 1.807) is 13.0 Å². The van der Waals surface area contributed by atoms with Crippen LogP contribution in [0.2, 0.25) is 0 Å². The molecule has 2 N–H and O–H groups in total. The van der Waals surface area contributed by atoms with Gasteiger partial charge in [-0.1, -0.05) is 18.2 Å². The third-order valence-electron chi connectivity index (χ3n) is 2.67. The zero-order valence-corrected chi connectivity index (χ0v) is 10.2. The van der Waals surface area contributed by atoms with Crippen molar-refractivity contribution in [3.05, 3.63) is 41.5 Å². The number of carboxylic acids is 1. The molecule has 0 bridgehead atoms. The smallest absolute Gasteiger partial charge is 0.335 e. The van der Waals surface area contributed by atoms with E-state index in [0.29, 0.717) is 16.3 Å². The summed E-state index contributed by atoms with van der Waals surface area (Å²) in [5, 5.41) is 9.62. The number of aryl methyl sites for hydroxylation is 1. The van der Waals surface area contributed by atoms with Crippen molar-refractivity contribution in [1.29, 1.82) is 0 Å². The van der Waals surface area contributed by atoms with Crippen molar-refractivity contribution in [2.45, 2.75) is 11.8 Å². The summed E-state index contributed by atoms with van der Waals surface area (Å²) >= 11 is 0. The lowest BCUT2D eigenvalue weighted by molar-refractivity contribution is 0.0697. The van der Waals surface area contributed by atoms with E-state index in [1.165, 1.54) is 24.3 Å². The Balaban J connectivity index is 2.88. The lowest BCUT2D eigenvalue weighted by Gasteiger charge is -2.08. The Bertz CT molecular complexity index is 746. The molecule has 0 spiro atoms. The maximum absolute atomic E-state index is 11.3. The third-order valence-corrected chi connectivity index (χ3v) is 3.73. The first-order chi connectivity index (χ1) is 8.30. The van der Waals surface area contributed by atoms with Gasteiger partial charge in [-0.3, -0.25) is 4.55 Å². The molecular weight excluding hydrogens is 256 g/mol. The molecule has 0 heterocycles. The fourth-order valence-electron chi connectivity index (χ4n) is 1.89. The highest BCUT2D eigenvalue weighted by atomic mass is 32.2. The van der Waals surface area contributed by atoms with Crippen LogP contribution in [0.5, 0.6) is 0 Å². The summed E-state index contributed by atoms with van der Waals surface area (Å²) < 4.78 is 31.9. The summed E-state index contributed by atoms with van der Waals surface area (Å²) in [5.41, 5.74) is 0.473. The highest BCUT2D eigenvalue weighted by molar-refractivity contribution is 7.86. The Morgan fingerprint density at radius 2 is 1.83 bits per heavy atom. The molecule has 2 aromatic rings. The van der Waals surface area contributed by atoms with Gasteiger partial charge in [0.2, 0.25) is 0 Å². The Kier molecular flexibility index (Phi) is 2.84. The van der Waals surface area contributed by atoms with Crippen LogP contribution in [0.15, 0.2) is 35.2 Å². The van der Waals surface area contributed by atoms with Gasteiger partial charge in [0.05, 0.1) is 5.56 Å². The summed E-state index contributed by atoms with van der Waals surface area (Å²) in [6.45, 7) is 1.56. The zero-order valence-electron chi connectivity index (χ0n) is 9.41. The normalized spacial score (nSPS) is 11.7. The fourth-order valence-corrected chi connectivity index (χ4v) is 2.82. The maximum Gasteiger partial charge on any atom is 0.335 e. The monoisotopic (exact) mass is 266 g/mol. The molecule has 0 saturated carbocycles. The molecule has 2 rings (SSSR count). The van der Waals surface area contributed by atoms with Crippen LogP contribution in [0.3, 0.4) is 0 Å². The number of benzene rings is 2. The molecule has 5 nitrogen and oxygen atoms in total. The minimum absolute atomic E-state index is 0.0626. The Morgan fingerprint density at radius 1 is 1.17 bits per heavy atom. The van der Waals surface area contributed by atoms with Gasteiger partial charge in [0.15, 0.2) is 0 Å². The number of aromatic carboxylic acids is 1. The van der Waals surface area contributed by atoms with Gasteiger partial charge in [0.25, 0.3) is 10.1 Å². The summed E-state index contributed by atoms with van der Waals surface area (Å²) in [7, 11) is -4.34. The quantitative estimate of drug-likeness (QED) is 0.812. The summed E-state index contributed by atoms with van der Waals surface area (Å²) in [6.07, 6.45) is 0. The minimum atomic E-state index is -4.34. The molecule has 0 aliphatic carbocycles. The molecule has 6 heteroatoms. The van der Waals surface area contributed by atoms with Crippen LogP contribution < -0.4 is 0 Å². The highest BCUT2D eigenvalue weighted by Crippen LogP contribution is 2.27. The number of fused-ring (bicyclic) bond motifs is 1. The van der Waals surface area contributed by atoms with E-state index in [9.17, 15) is 17.8 Å². The van der Waals surface area contributed by atoms with E-state index in [0.717, 1.165) is 0 Å². The largest absolute Gasteiger partial charge is 0.478 e. The van der Waals surface area contributed by atoms with E-state index in [1.807, 2.05) is 0 Å². The lowest BCUT2D eigenvalue weighted by atomic mass is 10.0. The summed E-state index contributed by atoms with van der Waals surface area (Å²) in [6, 6.07) is 7.20. The second-order valence-corrected chi connectivity index (χ2v) is 5.29. The highest BCUT2D eigenvalue weighted by Gasteiger charge is 2.17. The van der Waals surface area contributed by atoms with E-state index in [2.05, 4.69) is 0 Å². The maximum atomic E-state index is 11.3. The Labute approximate surface area is 103 Å². The molecule has 2 aromatic carbocycles. The van der Waals surface area contributed by atoms with Crippen LogP contribution in [-0.2, 0) is 10.1 Å². The minimum Gasteiger partial charge on any atom is -0.478 e. The van der Waals surface area contributed by atoms with Gasteiger partial charge in [-0.15, -0.1) is 0 Å².